The van der Waals surface area contributed by atoms with Crippen molar-refractivity contribution in [2.75, 3.05) is 13.6 Å². The molecule has 0 atom stereocenters. The summed E-state index contributed by atoms with van der Waals surface area (Å²) in [5, 5.41) is 6.69. The maximum atomic E-state index is 13.8. The van der Waals surface area contributed by atoms with Gasteiger partial charge in [0, 0.05) is 19.0 Å². The lowest BCUT2D eigenvalue weighted by Gasteiger charge is -2.38. The minimum atomic E-state index is -0.172. The molecule has 1 aromatic heterocycles. The van der Waals surface area contributed by atoms with E-state index in [1.165, 1.54) is 25.3 Å². The van der Waals surface area contributed by atoms with E-state index in [4.69, 9.17) is 4.42 Å². The number of guanidine groups is 1. The minimum absolute atomic E-state index is 0. The molecule has 1 fully saturated rings. The SMILES string of the molecule is CN=C(NCc1nc(C)c(C)o1)NCC1(c2cccc(F)c2)CCCCC1.I. The van der Waals surface area contributed by atoms with E-state index in [2.05, 4.69) is 20.6 Å². The highest BCUT2D eigenvalue weighted by atomic mass is 127. The van der Waals surface area contributed by atoms with Gasteiger partial charge < -0.3 is 15.1 Å². The molecule has 2 aromatic rings. The molecule has 0 saturated heterocycles. The zero-order valence-electron chi connectivity index (χ0n) is 16.8. The zero-order valence-corrected chi connectivity index (χ0v) is 19.2. The van der Waals surface area contributed by atoms with Gasteiger partial charge >= 0.3 is 0 Å². The van der Waals surface area contributed by atoms with E-state index in [0.717, 1.165) is 36.4 Å². The Morgan fingerprint density at radius 1 is 1.21 bits per heavy atom. The lowest BCUT2D eigenvalue weighted by atomic mass is 9.69. The summed E-state index contributed by atoms with van der Waals surface area (Å²) in [5.41, 5.74) is 1.92. The minimum Gasteiger partial charge on any atom is -0.444 e. The second-order valence-corrected chi connectivity index (χ2v) is 7.38. The van der Waals surface area contributed by atoms with Crippen LogP contribution in [0.2, 0.25) is 0 Å². The van der Waals surface area contributed by atoms with Crippen molar-refractivity contribution in [2.45, 2.75) is 57.9 Å². The van der Waals surface area contributed by atoms with E-state index in [1.54, 1.807) is 19.2 Å². The van der Waals surface area contributed by atoms with Gasteiger partial charge in [-0.05, 0) is 44.4 Å². The molecule has 1 saturated carbocycles. The van der Waals surface area contributed by atoms with Crippen molar-refractivity contribution in [2.24, 2.45) is 4.99 Å². The maximum absolute atomic E-state index is 13.8. The third-order valence-electron chi connectivity index (χ3n) is 5.55. The number of halogens is 2. The van der Waals surface area contributed by atoms with E-state index < -0.39 is 0 Å². The molecule has 0 radical (unpaired) electrons. The van der Waals surface area contributed by atoms with Crippen LogP contribution in [0, 0.1) is 19.7 Å². The molecule has 0 bridgehead atoms. The lowest BCUT2D eigenvalue weighted by Crippen LogP contribution is -2.46. The third-order valence-corrected chi connectivity index (χ3v) is 5.55. The molecular weight excluding hydrogens is 470 g/mol. The Labute approximate surface area is 183 Å². The van der Waals surface area contributed by atoms with Gasteiger partial charge in [0.25, 0.3) is 0 Å². The van der Waals surface area contributed by atoms with E-state index >= 15 is 0 Å². The molecule has 154 valence electrons. The summed E-state index contributed by atoms with van der Waals surface area (Å²) < 4.78 is 19.4. The van der Waals surface area contributed by atoms with Gasteiger partial charge in [-0.15, -0.1) is 24.0 Å². The van der Waals surface area contributed by atoms with Crippen LogP contribution in [0.25, 0.3) is 0 Å². The average molecular weight is 500 g/mol. The monoisotopic (exact) mass is 500 g/mol. The second kappa shape index (κ2) is 10.2. The third kappa shape index (κ3) is 5.46. The van der Waals surface area contributed by atoms with Crippen molar-refractivity contribution in [3.63, 3.8) is 0 Å². The molecule has 2 N–H and O–H groups in total. The van der Waals surface area contributed by atoms with Gasteiger partial charge in [-0.1, -0.05) is 31.4 Å². The molecule has 1 aliphatic rings. The molecule has 1 aromatic carbocycles. The molecule has 0 unspecified atom stereocenters. The predicted molar refractivity (Wildman–Crippen MR) is 121 cm³/mol. The second-order valence-electron chi connectivity index (χ2n) is 7.38. The molecular formula is C21H30FIN4O. The van der Waals surface area contributed by atoms with Gasteiger partial charge in [0.05, 0.1) is 12.2 Å². The van der Waals surface area contributed by atoms with Crippen molar-refractivity contribution in [1.82, 2.24) is 15.6 Å². The fourth-order valence-electron chi connectivity index (χ4n) is 3.86. The fourth-order valence-corrected chi connectivity index (χ4v) is 3.86. The van der Waals surface area contributed by atoms with Gasteiger partial charge in [-0.3, -0.25) is 4.99 Å². The van der Waals surface area contributed by atoms with Crippen LogP contribution in [0.4, 0.5) is 4.39 Å². The largest absolute Gasteiger partial charge is 0.444 e. The van der Waals surface area contributed by atoms with Crippen LogP contribution >= 0.6 is 24.0 Å². The Kier molecular flexibility index (Phi) is 8.27. The van der Waals surface area contributed by atoms with Crippen LogP contribution in [-0.2, 0) is 12.0 Å². The number of hydrogen-bond donors (Lipinski definition) is 2. The Hall–Kier alpha value is -1.64. The number of hydrogen-bond acceptors (Lipinski definition) is 3. The summed E-state index contributed by atoms with van der Waals surface area (Å²) in [5.74, 6) is 2.01. The van der Waals surface area contributed by atoms with Gasteiger partial charge in [-0.2, -0.15) is 0 Å². The molecule has 1 aliphatic carbocycles. The van der Waals surface area contributed by atoms with E-state index in [0.29, 0.717) is 18.4 Å². The Morgan fingerprint density at radius 3 is 2.57 bits per heavy atom. The van der Waals surface area contributed by atoms with Gasteiger partial charge in [0.2, 0.25) is 5.89 Å². The zero-order chi connectivity index (χ0) is 19.3. The van der Waals surface area contributed by atoms with Gasteiger partial charge in [0.1, 0.15) is 11.6 Å². The molecule has 1 heterocycles. The number of aryl methyl sites for hydroxylation is 2. The normalized spacial score (nSPS) is 16.4. The van der Waals surface area contributed by atoms with Crippen LogP contribution in [-0.4, -0.2) is 24.5 Å². The highest BCUT2D eigenvalue weighted by Gasteiger charge is 2.34. The Bertz CT molecular complexity index is 780. The van der Waals surface area contributed by atoms with Crippen molar-refractivity contribution in [3.8, 4) is 0 Å². The number of benzene rings is 1. The standard InChI is InChI=1S/C21H29FN4O.HI/c1-15-16(2)27-19(26-15)13-24-20(23-3)25-14-21(10-5-4-6-11-21)17-8-7-9-18(22)12-17;/h7-9,12H,4-6,10-11,13-14H2,1-3H3,(H2,23,24,25);1H. The Balaban J connectivity index is 0.00000280. The summed E-state index contributed by atoms with van der Waals surface area (Å²) in [4.78, 5) is 8.69. The van der Waals surface area contributed by atoms with Crippen LogP contribution in [0.5, 0.6) is 0 Å². The maximum Gasteiger partial charge on any atom is 0.214 e. The first-order valence-corrected chi connectivity index (χ1v) is 9.66. The van der Waals surface area contributed by atoms with E-state index in [9.17, 15) is 4.39 Å². The topological polar surface area (TPSA) is 62.5 Å². The number of oxazole rings is 1. The van der Waals surface area contributed by atoms with Gasteiger partial charge in [0.15, 0.2) is 5.96 Å². The van der Waals surface area contributed by atoms with E-state index in [-0.39, 0.29) is 35.2 Å². The van der Waals surface area contributed by atoms with Crippen molar-refractivity contribution >= 4 is 29.9 Å². The smallest absolute Gasteiger partial charge is 0.214 e. The summed E-state index contributed by atoms with van der Waals surface area (Å²) >= 11 is 0. The molecule has 5 nitrogen and oxygen atoms in total. The molecule has 3 rings (SSSR count). The number of rotatable bonds is 5. The molecule has 7 heteroatoms. The van der Waals surface area contributed by atoms with Crippen molar-refractivity contribution in [3.05, 3.63) is 53.0 Å². The molecule has 28 heavy (non-hydrogen) atoms. The quantitative estimate of drug-likeness (QED) is 0.358. The molecule has 0 amide bonds. The highest BCUT2D eigenvalue weighted by Crippen LogP contribution is 2.39. The fraction of sp³-hybridized carbons (Fsp3) is 0.524. The number of nitrogens with zero attached hydrogens (tertiary/aromatic N) is 2. The summed E-state index contributed by atoms with van der Waals surface area (Å²) in [7, 11) is 1.75. The first-order chi connectivity index (χ1) is 13.0. The molecule has 0 spiro atoms. The number of nitrogens with one attached hydrogen (secondary N) is 2. The van der Waals surface area contributed by atoms with Crippen molar-refractivity contribution in [1.29, 1.82) is 0 Å². The lowest BCUT2D eigenvalue weighted by molar-refractivity contribution is 0.290. The van der Waals surface area contributed by atoms with Crippen molar-refractivity contribution < 1.29 is 8.81 Å². The number of aliphatic imine (C=N–C) groups is 1. The van der Waals surface area contributed by atoms with Gasteiger partial charge in [-0.25, -0.2) is 9.37 Å². The summed E-state index contributed by atoms with van der Waals surface area (Å²) in [6.45, 7) is 5.03. The van der Waals surface area contributed by atoms with Crippen LogP contribution in [0.3, 0.4) is 0 Å². The number of aromatic nitrogens is 1. The van der Waals surface area contributed by atoms with Crippen LogP contribution in [0.15, 0.2) is 33.7 Å². The predicted octanol–water partition coefficient (Wildman–Crippen LogP) is 4.62. The average Bonchev–Trinajstić information content (AvgIpc) is 3.00. The van der Waals surface area contributed by atoms with Crippen LogP contribution in [0.1, 0.15) is 55.0 Å². The first-order valence-electron chi connectivity index (χ1n) is 9.66. The molecule has 0 aliphatic heterocycles. The summed E-state index contributed by atoms with van der Waals surface area (Å²) in [6.07, 6.45) is 5.68. The first kappa shape index (κ1) is 22.6. The van der Waals surface area contributed by atoms with E-state index in [1.807, 2.05) is 19.9 Å². The highest BCUT2D eigenvalue weighted by molar-refractivity contribution is 14.0. The Morgan fingerprint density at radius 2 is 1.96 bits per heavy atom. The summed E-state index contributed by atoms with van der Waals surface area (Å²) in [6, 6.07) is 7.04. The van der Waals surface area contributed by atoms with Crippen LogP contribution < -0.4 is 10.6 Å².